The highest BCUT2D eigenvalue weighted by Crippen LogP contribution is 2.31. The van der Waals surface area contributed by atoms with Crippen LogP contribution in [-0.2, 0) is 0 Å². The molecule has 4 rings (SSSR count). The summed E-state index contributed by atoms with van der Waals surface area (Å²) >= 11 is 6.00. The van der Waals surface area contributed by atoms with E-state index in [2.05, 4.69) is 9.97 Å². The van der Waals surface area contributed by atoms with Gasteiger partial charge in [-0.15, -0.1) is 0 Å². The minimum atomic E-state index is -0.00462. The minimum absolute atomic E-state index is 0.00462. The zero-order chi connectivity index (χ0) is 13.0. The van der Waals surface area contributed by atoms with Crippen LogP contribution in [0.2, 0.25) is 5.02 Å². The fourth-order valence-electron chi connectivity index (χ4n) is 2.48. The highest BCUT2D eigenvalue weighted by Gasteiger charge is 2.18. The third kappa shape index (κ3) is 1.42. The molecule has 1 aromatic carbocycles. The van der Waals surface area contributed by atoms with Gasteiger partial charge in [-0.25, -0.2) is 4.98 Å². The Morgan fingerprint density at radius 2 is 2.00 bits per heavy atom. The molecule has 3 nitrogen and oxygen atoms in total. The Hall–Kier alpha value is -2.26. The van der Waals surface area contributed by atoms with Gasteiger partial charge < -0.3 is 0 Å². The maximum atomic E-state index is 11.9. The van der Waals surface area contributed by atoms with Crippen molar-refractivity contribution in [3.8, 4) is 0 Å². The SMILES string of the molecule is O=C1C=Cc2nc3cc(Cl)ccc3c3nccc1c23. The number of benzene rings is 1. The topological polar surface area (TPSA) is 42.9 Å². The number of carbonyl (C=O) groups is 1. The molecule has 0 fully saturated rings. The third-order valence-electron chi connectivity index (χ3n) is 3.32. The van der Waals surface area contributed by atoms with Gasteiger partial charge in [-0.2, -0.15) is 0 Å². The summed E-state index contributed by atoms with van der Waals surface area (Å²) < 4.78 is 0. The molecule has 0 aliphatic heterocycles. The summed E-state index contributed by atoms with van der Waals surface area (Å²) in [6.45, 7) is 0. The van der Waals surface area contributed by atoms with Crippen molar-refractivity contribution >= 4 is 45.3 Å². The molecule has 0 atom stereocenters. The fraction of sp³-hybridized carbons (Fsp3) is 0. The fourth-order valence-corrected chi connectivity index (χ4v) is 2.65. The van der Waals surface area contributed by atoms with Crippen molar-refractivity contribution < 1.29 is 4.79 Å². The van der Waals surface area contributed by atoms with E-state index in [0.717, 1.165) is 27.5 Å². The van der Waals surface area contributed by atoms with Crippen LogP contribution in [0.1, 0.15) is 16.1 Å². The molecule has 0 spiro atoms. The Bertz CT molecular complexity index is 899. The number of pyridine rings is 2. The molecular weight excluding hydrogens is 260 g/mol. The Morgan fingerprint density at radius 3 is 2.89 bits per heavy atom. The van der Waals surface area contributed by atoms with Crippen molar-refractivity contribution in [1.82, 2.24) is 9.97 Å². The Morgan fingerprint density at radius 1 is 1.11 bits per heavy atom. The summed E-state index contributed by atoms with van der Waals surface area (Å²) in [7, 11) is 0. The Kier molecular flexibility index (Phi) is 2.03. The molecule has 19 heavy (non-hydrogen) atoms. The van der Waals surface area contributed by atoms with Gasteiger partial charge in [0.1, 0.15) is 0 Å². The van der Waals surface area contributed by atoms with Crippen LogP contribution in [-0.4, -0.2) is 15.8 Å². The summed E-state index contributed by atoms with van der Waals surface area (Å²) in [4.78, 5) is 20.9. The van der Waals surface area contributed by atoms with Crippen LogP contribution in [0, 0.1) is 0 Å². The van der Waals surface area contributed by atoms with Crippen molar-refractivity contribution in [2.75, 3.05) is 0 Å². The first kappa shape index (κ1) is 10.6. The van der Waals surface area contributed by atoms with Gasteiger partial charge in [-0.3, -0.25) is 9.78 Å². The normalized spacial score (nSPS) is 13.4. The molecule has 2 aromatic heterocycles. The lowest BCUT2D eigenvalue weighted by molar-refractivity contribution is 0.104. The predicted molar refractivity (Wildman–Crippen MR) is 75.4 cm³/mol. The van der Waals surface area contributed by atoms with Crippen LogP contribution in [0.5, 0.6) is 0 Å². The quantitative estimate of drug-likeness (QED) is 0.583. The highest BCUT2D eigenvalue weighted by molar-refractivity contribution is 6.31. The molecule has 90 valence electrons. The molecule has 0 saturated heterocycles. The van der Waals surface area contributed by atoms with Crippen molar-refractivity contribution in [3.63, 3.8) is 0 Å². The van der Waals surface area contributed by atoms with Gasteiger partial charge in [0, 0.05) is 27.6 Å². The zero-order valence-corrected chi connectivity index (χ0v) is 10.5. The maximum Gasteiger partial charge on any atom is 0.186 e. The number of hydrogen-bond donors (Lipinski definition) is 0. The summed E-state index contributed by atoms with van der Waals surface area (Å²) in [6.07, 6.45) is 4.94. The summed E-state index contributed by atoms with van der Waals surface area (Å²) in [5, 5.41) is 2.37. The first-order chi connectivity index (χ1) is 9.24. The third-order valence-corrected chi connectivity index (χ3v) is 3.56. The average molecular weight is 267 g/mol. The largest absolute Gasteiger partial charge is 0.289 e. The number of nitrogens with zero attached hydrogens (tertiary/aromatic N) is 2. The molecule has 4 heteroatoms. The van der Waals surface area contributed by atoms with Crippen molar-refractivity contribution in [1.29, 1.82) is 0 Å². The van der Waals surface area contributed by atoms with E-state index >= 15 is 0 Å². The lowest BCUT2D eigenvalue weighted by Gasteiger charge is -2.12. The van der Waals surface area contributed by atoms with Gasteiger partial charge in [-0.05, 0) is 36.4 Å². The molecule has 0 N–H and O–H groups in total. The maximum absolute atomic E-state index is 11.9. The monoisotopic (exact) mass is 266 g/mol. The molecule has 0 amide bonds. The van der Waals surface area contributed by atoms with E-state index in [1.807, 2.05) is 18.2 Å². The predicted octanol–water partition coefficient (Wildman–Crippen LogP) is 3.65. The molecule has 0 bridgehead atoms. The summed E-state index contributed by atoms with van der Waals surface area (Å²) in [6, 6.07) is 7.25. The van der Waals surface area contributed by atoms with E-state index in [0.29, 0.717) is 10.6 Å². The number of allylic oxidation sites excluding steroid dienone is 1. The average Bonchev–Trinajstić information content (AvgIpc) is 2.42. The first-order valence-electron chi connectivity index (χ1n) is 5.84. The molecular formula is C15H7ClN2O. The van der Waals surface area contributed by atoms with E-state index in [4.69, 9.17) is 11.6 Å². The lowest BCUT2D eigenvalue weighted by atomic mass is 9.97. The van der Waals surface area contributed by atoms with Crippen molar-refractivity contribution in [2.45, 2.75) is 0 Å². The van der Waals surface area contributed by atoms with Crippen LogP contribution >= 0.6 is 11.6 Å². The van der Waals surface area contributed by atoms with Crippen LogP contribution in [0.3, 0.4) is 0 Å². The van der Waals surface area contributed by atoms with Crippen LogP contribution in [0.15, 0.2) is 36.5 Å². The van der Waals surface area contributed by atoms with Crippen LogP contribution in [0.4, 0.5) is 0 Å². The molecule has 0 saturated carbocycles. The number of hydrogen-bond acceptors (Lipinski definition) is 3. The second-order valence-corrected chi connectivity index (χ2v) is 4.87. The van der Waals surface area contributed by atoms with Gasteiger partial charge in [0.2, 0.25) is 0 Å². The molecule has 1 aliphatic rings. The number of carbonyl (C=O) groups excluding carboxylic acids is 1. The first-order valence-corrected chi connectivity index (χ1v) is 6.22. The van der Waals surface area contributed by atoms with Crippen molar-refractivity contribution in [3.05, 3.63) is 52.8 Å². The lowest BCUT2D eigenvalue weighted by Crippen LogP contribution is -2.04. The standard InChI is InChI=1S/C15H7ClN2O/c16-8-1-2-9-12(7-8)18-11-3-4-13(19)10-5-6-17-15(9)14(10)11/h1-7H. The summed E-state index contributed by atoms with van der Waals surface area (Å²) in [5.41, 5.74) is 3.02. The molecule has 2 heterocycles. The number of rotatable bonds is 0. The minimum Gasteiger partial charge on any atom is -0.289 e. The number of fused-ring (bicyclic) bond motifs is 2. The molecule has 0 radical (unpaired) electrons. The highest BCUT2D eigenvalue weighted by atomic mass is 35.5. The second-order valence-electron chi connectivity index (χ2n) is 4.44. The van der Waals surface area contributed by atoms with E-state index in [9.17, 15) is 4.79 Å². The number of ketones is 1. The molecule has 3 aromatic rings. The smallest absolute Gasteiger partial charge is 0.186 e. The van der Waals surface area contributed by atoms with Gasteiger partial charge in [-0.1, -0.05) is 11.6 Å². The van der Waals surface area contributed by atoms with E-state index in [-0.39, 0.29) is 5.78 Å². The van der Waals surface area contributed by atoms with Gasteiger partial charge in [0.15, 0.2) is 5.78 Å². The van der Waals surface area contributed by atoms with Crippen LogP contribution < -0.4 is 0 Å². The number of halogens is 1. The van der Waals surface area contributed by atoms with Gasteiger partial charge in [0.25, 0.3) is 0 Å². The van der Waals surface area contributed by atoms with E-state index in [1.54, 1.807) is 24.4 Å². The Labute approximate surface area is 113 Å². The van der Waals surface area contributed by atoms with Gasteiger partial charge in [0.05, 0.1) is 16.7 Å². The van der Waals surface area contributed by atoms with E-state index in [1.165, 1.54) is 0 Å². The van der Waals surface area contributed by atoms with Gasteiger partial charge >= 0.3 is 0 Å². The molecule has 0 unspecified atom stereocenters. The second kappa shape index (κ2) is 3.62. The van der Waals surface area contributed by atoms with E-state index < -0.39 is 0 Å². The Balaban J connectivity index is 2.30. The summed E-state index contributed by atoms with van der Waals surface area (Å²) in [5.74, 6) is -0.00462. The number of aromatic nitrogens is 2. The molecule has 1 aliphatic carbocycles. The van der Waals surface area contributed by atoms with Crippen molar-refractivity contribution in [2.24, 2.45) is 0 Å². The van der Waals surface area contributed by atoms with Crippen LogP contribution in [0.25, 0.3) is 27.9 Å². The zero-order valence-electron chi connectivity index (χ0n) is 9.72.